The quantitative estimate of drug-likeness (QED) is 0.623. The first-order valence-corrected chi connectivity index (χ1v) is 5.60. The van der Waals surface area contributed by atoms with Crippen molar-refractivity contribution in [2.24, 2.45) is 0 Å². The van der Waals surface area contributed by atoms with E-state index in [0.29, 0.717) is 0 Å². The van der Waals surface area contributed by atoms with E-state index in [1.807, 2.05) is 45.9 Å². The van der Waals surface area contributed by atoms with Crippen molar-refractivity contribution < 1.29 is 0 Å². The second kappa shape index (κ2) is 10.4. The van der Waals surface area contributed by atoms with Crippen LogP contribution in [0.2, 0.25) is 0 Å². The summed E-state index contributed by atoms with van der Waals surface area (Å²) in [5, 5.41) is 0. The molecule has 1 heteroatoms. The molecule has 0 atom stereocenters. The van der Waals surface area contributed by atoms with Gasteiger partial charge < -0.3 is 0 Å². The first-order valence-electron chi connectivity index (χ1n) is 5.15. The van der Waals surface area contributed by atoms with E-state index in [9.17, 15) is 0 Å². The van der Waals surface area contributed by atoms with Crippen LogP contribution in [0.25, 0.3) is 4.91 Å². The Morgan fingerprint density at radius 2 is 1.50 bits per heavy atom. The van der Waals surface area contributed by atoms with Crippen LogP contribution in [0.1, 0.15) is 38.8 Å². The van der Waals surface area contributed by atoms with Crippen LogP contribution in [-0.4, -0.2) is 0 Å². The molecule has 0 spiro atoms. The zero-order valence-electron chi connectivity index (χ0n) is 9.96. The maximum Gasteiger partial charge on any atom is 0.00432 e. The van der Waals surface area contributed by atoms with E-state index in [4.69, 9.17) is 0 Å². The zero-order valence-corrected chi connectivity index (χ0v) is 10.9. The Morgan fingerprint density at radius 3 is 1.79 bits per heavy atom. The van der Waals surface area contributed by atoms with Crippen molar-refractivity contribution in [1.82, 2.24) is 0 Å². The van der Waals surface area contributed by atoms with Crippen LogP contribution in [0.3, 0.4) is 0 Å². The molecular formula is C13H22S. The minimum Gasteiger partial charge on any atom is -0.143 e. The van der Waals surface area contributed by atoms with Gasteiger partial charge in [-0.1, -0.05) is 58.5 Å². The van der Waals surface area contributed by atoms with Gasteiger partial charge in [-0.05, 0) is 18.1 Å². The van der Waals surface area contributed by atoms with Crippen LogP contribution in [0.5, 0.6) is 0 Å². The molecule has 0 heterocycles. The summed E-state index contributed by atoms with van der Waals surface area (Å²) in [4.78, 5) is 0.832. The highest BCUT2D eigenvalue weighted by Crippen LogP contribution is 2.18. The van der Waals surface area contributed by atoms with Crippen molar-refractivity contribution in [3.63, 3.8) is 0 Å². The number of hydrogen-bond donors (Lipinski definition) is 1. The molecule has 0 nitrogen and oxygen atoms in total. The number of aryl methyl sites for hydroxylation is 1. The minimum atomic E-state index is 0.832. The summed E-state index contributed by atoms with van der Waals surface area (Å²) in [7, 11) is 0. The first-order chi connectivity index (χ1) is 6.72. The highest BCUT2D eigenvalue weighted by molar-refractivity contribution is 7.90. The summed E-state index contributed by atoms with van der Waals surface area (Å²) in [6.45, 7) is 13.8. The Bertz CT molecular complexity index is 251. The molecule has 0 saturated carbocycles. The molecule has 14 heavy (non-hydrogen) atoms. The summed E-state index contributed by atoms with van der Waals surface area (Å²) in [6, 6.07) is 8.07. The van der Waals surface area contributed by atoms with Crippen molar-refractivity contribution in [3.8, 4) is 0 Å². The molecule has 0 bridgehead atoms. The zero-order chi connectivity index (χ0) is 11.6. The molecule has 0 aliphatic rings. The summed E-state index contributed by atoms with van der Waals surface area (Å²) in [5.41, 5.74) is 2.35. The standard InChI is InChI=1S/C9H10S.2C2H6/c1-7-5-3-4-6-9(7)8(2)10;2*1-2/h3-6,10H,2H2,1H3;2*1-2H3. The van der Waals surface area contributed by atoms with Gasteiger partial charge in [-0.25, -0.2) is 0 Å². The van der Waals surface area contributed by atoms with Gasteiger partial charge in [-0.3, -0.25) is 0 Å². The Hall–Kier alpha value is -0.690. The van der Waals surface area contributed by atoms with Gasteiger partial charge in [0.25, 0.3) is 0 Å². The van der Waals surface area contributed by atoms with E-state index in [1.54, 1.807) is 0 Å². The van der Waals surface area contributed by atoms with Crippen molar-refractivity contribution in [2.75, 3.05) is 0 Å². The predicted octanol–water partition coefficient (Wildman–Crippen LogP) is 4.95. The summed E-state index contributed by atoms with van der Waals surface area (Å²) < 4.78 is 0. The smallest absolute Gasteiger partial charge is 0.00432 e. The van der Waals surface area contributed by atoms with Gasteiger partial charge in [-0.15, -0.1) is 12.6 Å². The van der Waals surface area contributed by atoms with Crippen LogP contribution in [0.15, 0.2) is 30.8 Å². The van der Waals surface area contributed by atoms with E-state index in [0.717, 1.165) is 10.5 Å². The fourth-order valence-electron chi connectivity index (χ4n) is 0.897. The molecule has 0 fully saturated rings. The lowest BCUT2D eigenvalue weighted by atomic mass is 10.1. The van der Waals surface area contributed by atoms with E-state index >= 15 is 0 Å². The number of thiol groups is 1. The molecule has 0 unspecified atom stereocenters. The van der Waals surface area contributed by atoms with Gasteiger partial charge in [0.1, 0.15) is 0 Å². The van der Waals surface area contributed by atoms with E-state index in [1.165, 1.54) is 5.56 Å². The highest BCUT2D eigenvalue weighted by Gasteiger charge is 1.95. The Kier molecular flexibility index (Phi) is 11.7. The van der Waals surface area contributed by atoms with E-state index in [-0.39, 0.29) is 0 Å². The van der Waals surface area contributed by atoms with Gasteiger partial charge in [0.05, 0.1) is 0 Å². The van der Waals surface area contributed by atoms with Gasteiger partial charge in [0.2, 0.25) is 0 Å². The normalized spacial score (nSPS) is 7.57. The number of benzene rings is 1. The molecule has 80 valence electrons. The highest BCUT2D eigenvalue weighted by atomic mass is 32.1. The predicted molar refractivity (Wildman–Crippen MR) is 71.9 cm³/mol. The molecule has 0 amide bonds. The van der Waals surface area contributed by atoms with Crippen LogP contribution >= 0.6 is 12.6 Å². The summed E-state index contributed by atoms with van der Waals surface area (Å²) >= 11 is 4.16. The van der Waals surface area contributed by atoms with Crippen molar-refractivity contribution in [2.45, 2.75) is 34.6 Å². The summed E-state index contributed by atoms with van der Waals surface area (Å²) in [5.74, 6) is 0. The molecule has 0 radical (unpaired) electrons. The molecule has 1 aromatic carbocycles. The van der Waals surface area contributed by atoms with Gasteiger partial charge >= 0.3 is 0 Å². The maximum atomic E-state index is 4.16. The lowest BCUT2D eigenvalue weighted by Crippen LogP contribution is -1.80. The molecular weight excluding hydrogens is 188 g/mol. The maximum absolute atomic E-state index is 4.16. The van der Waals surface area contributed by atoms with Crippen LogP contribution in [0.4, 0.5) is 0 Å². The van der Waals surface area contributed by atoms with E-state index in [2.05, 4.69) is 32.2 Å². The van der Waals surface area contributed by atoms with E-state index < -0.39 is 0 Å². The van der Waals surface area contributed by atoms with Crippen molar-refractivity contribution >= 4 is 17.5 Å². The average molecular weight is 210 g/mol. The third-order valence-electron chi connectivity index (χ3n) is 1.46. The molecule has 0 aliphatic carbocycles. The van der Waals surface area contributed by atoms with Gasteiger partial charge in [0.15, 0.2) is 0 Å². The fourth-order valence-corrected chi connectivity index (χ4v) is 1.15. The lowest BCUT2D eigenvalue weighted by Gasteiger charge is -2.01. The van der Waals surface area contributed by atoms with Crippen molar-refractivity contribution in [1.29, 1.82) is 0 Å². The molecule has 0 aliphatic heterocycles. The van der Waals surface area contributed by atoms with Crippen LogP contribution in [0, 0.1) is 6.92 Å². The summed E-state index contributed by atoms with van der Waals surface area (Å²) in [6.07, 6.45) is 0. The van der Waals surface area contributed by atoms with Crippen LogP contribution < -0.4 is 0 Å². The largest absolute Gasteiger partial charge is 0.143 e. The number of rotatable bonds is 1. The third-order valence-corrected chi connectivity index (χ3v) is 1.70. The SMILES string of the molecule is C=C(S)c1ccccc1C.CC.CC. The van der Waals surface area contributed by atoms with Gasteiger partial charge in [-0.2, -0.15) is 0 Å². The minimum absolute atomic E-state index is 0.832. The Balaban J connectivity index is 0. The Morgan fingerprint density at radius 1 is 1.07 bits per heavy atom. The molecule has 0 saturated heterocycles. The third kappa shape index (κ3) is 5.87. The lowest BCUT2D eigenvalue weighted by molar-refractivity contribution is 1.44. The fraction of sp³-hybridized carbons (Fsp3) is 0.385. The molecule has 0 aromatic heterocycles. The average Bonchev–Trinajstić information content (AvgIpc) is 2.24. The van der Waals surface area contributed by atoms with Gasteiger partial charge in [0, 0.05) is 4.91 Å². The monoisotopic (exact) mass is 210 g/mol. The molecule has 1 rings (SSSR count). The second-order valence-electron chi connectivity index (χ2n) is 2.26. The topological polar surface area (TPSA) is 0 Å². The van der Waals surface area contributed by atoms with Crippen molar-refractivity contribution in [3.05, 3.63) is 42.0 Å². The molecule has 1 aromatic rings. The van der Waals surface area contributed by atoms with Crippen LogP contribution in [-0.2, 0) is 0 Å². The Labute approximate surface area is 94.5 Å². The number of hydrogen-bond acceptors (Lipinski definition) is 1. The molecule has 0 N–H and O–H groups in total. The first kappa shape index (κ1) is 15.8. The second-order valence-corrected chi connectivity index (χ2v) is 2.80.